The molecule has 1 aliphatic rings. The minimum Gasteiger partial charge on any atom is -0.497 e. The Balaban J connectivity index is 1.60. The zero-order valence-corrected chi connectivity index (χ0v) is 12.3. The lowest BCUT2D eigenvalue weighted by molar-refractivity contribution is -0.134. The molecule has 1 unspecified atom stereocenters. The SMILES string of the molecule is COc1cccc(OCCCNC(=O)C2CNCCO2)c1. The van der Waals surface area contributed by atoms with Crippen LogP contribution in [0.4, 0.5) is 0 Å². The van der Waals surface area contributed by atoms with Crippen LogP contribution in [0.1, 0.15) is 6.42 Å². The van der Waals surface area contributed by atoms with Crippen molar-refractivity contribution in [2.24, 2.45) is 0 Å². The molecule has 0 saturated carbocycles. The first-order valence-corrected chi connectivity index (χ1v) is 7.16. The second kappa shape index (κ2) is 8.49. The number of amides is 1. The van der Waals surface area contributed by atoms with E-state index < -0.39 is 0 Å². The van der Waals surface area contributed by atoms with Crippen molar-refractivity contribution in [3.05, 3.63) is 24.3 Å². The maximum atomic E-state index is 11.8. The van der Waals surface area contributed by atoms with Crippen LogP contribution in [0.2, 0.25) is 0 Å². The van der Waals surface area contributed by atoms with Crippen molar-refractivity contribution in [2.75, 3.05) is 40.0 Å². The van der Waals surface area contributed by atoms with E-state index in [1.165, 1.54) is 0 Å². The number of hydrogen-bond donors (Lipinski definition) is 2. The molecule has 1 fully saturated rings. The van der Waals surface area contributed by atoms with E-state index in [0.717, 1.165) is 24.5 Å². The summed E-state index contributed by atoms with van der Waals surface area (Å²) in [5.41, 5.74) is 0. The summed E-state index contributed by atoms with van der Waals surface area (Å²) in [6.07, 6.45) is 0.362. The number of methoxy groups -OCH3 is 1. The van der Waals surface area contributed by atoms with Gasteiger partial charge in [-0.05, 0) is 18.6 Å². The van der Waals surface area contributed by atoms with Crippen LogP contribution in [0, 0.1) is 0 Å². The van der Waals surface area contributed by atoms with Gasteiger partial charge in [-0.3, -0.25) is 4.79 Å². The van der Waals surface area contributed by atoms with Gasteiger partial charge in [0.2, 0.25) is 5.91 Å². The summed E-state index contributed by atoms with van der Waals surface area (Å²) in [6, 6.07) is 7.46. The Morgan fingerprint density at radius 3 is 3.10 bits per heavy atom. The van der Waals surface area contributed by atoms with E-state index in [2.05, 4.69) is 10.6 Å². The van der Waals surface area contributed by atoms with Crippen LogP contribution in [-0.2, 0) is 9.53 Å². The molecule has 21 heavy (non-hydrogen) atoms. The van der Waals surface area contributed by atoms with E-state index in [4.69, 9.17) is 14.2 Å². The molecule has 6 heteroatoms. The molecule has 2 rings (SSSR count). The first-order valence-electron chi connectivity index (χ1n) is 7.16. The molecular weight excluding hydrogens is 272 g/mol. The van der Waals surface area contributed by atoms with E-state index in [-0.39, 0.29) is 12.0 Å². The number of morpholine rings is 1. The second-order valence-electron chi connectivity index (χ2n) is 4.74. The largest absolute Gasteiger partial charge is 0.497 e. The topological polar surface area (TPSA) is 68.8 Å². The van der Waals surface area contributed by atoms with Crippen LogP contribution in [0.15, 0.2) is 24.3 Å². The number of rotatable bonds is 7. The third-order valence-electron chi connectivity index (χ3n) is 3.15. The number of benzene rings is 1. The number of ether oxygens (including phenoxy) is 3. The fourth-order valence-corrected chi connectivity index (χ4v) is 2.01. The maximum absolute atomic E-state index is 11.8. The minimum atomic E-state index is -0.377. The highest BCUT2D eigenvalue weighted by atomic mass is 16.5. The summed E-state index contributed by atoms with van der Waals surface area (Å²) in [6.45, 7) is 3.07. The Morgan fingerprint density at radius 1 is 1.48 bits per heavy atom. The second-order valence-corrected chi connectivity index (χ2v) is 4.74. The summed E-state index contributed by atoms with van der Waals surface area (Å²) in [5, 5.41) is 5.98. The number of carbonyl (C=O) groups is 1. The van der Waals surface area contributed by atoms with Gasteiger partial charge in [-0.1, -0.05) is 6.07 Å². The van der Waals surface area contributed by atoms with Gasteiger partial charge >= 0.3 is 0 Å². The van der Waals surface area contributed by atoms with Gasteiger partial charge in [-0.15, -0.1) is 0 Å². The third kappa shape index (κ3) is 5.24. The van der Waals surface area contributed by atoms with Crippen molar-refractivity contribution in [3.63, 3.8) is 0 Å². The van der Waals surface area contributed by atoms with Gasteiger partial charge in [0.1, 0.15) is 17.6 Å². The van der Waals surface area contributed by atoms with Gasteiger partial charge in [0.05, 0.1) is 20.3 Å². The van der Waals surface area contributed by atoms with Crippen LogP contribution in [0.5, 0.6) is 11.5 Å². The van der Waals surface area contributed by atoms with Gasteiger partial charge in [-0.25, -0.2) is 0 Å². The highest BCUT2D eigenvalue weighted by Crippen LogP contribution is 2.18. The molecule has 116 valence electrons. The Labute approximate surface area is 124 Å². The molecule has 0 aromatic heterocycles. The van der Waals surface area contributed by atoms with Gasteiger partial charge in [-0.2, -0.15) is 0 Å². The van der Waals surface area contributed by atoms with Gasteiger partial charge in [0.25, 0.3) is 0 Å². The number of carbonyl (C=O) groups excluding carboxylic acids is 1. The number of hydrogen-bond acceptors (Lipinski definition) is 5. The lowest BCUT2D eigenvalue weighted by Gasteiger charge is -2.22. The average Bonchev–Trinajstić information content (AvgIpc) is 2.55. The quantitative estimate of drug-likeness (QED) is 0.720. The van der Waals surface area contributed by atoms with E-state index >= 15 is 0 Å². The zero-order chi connectivity index (χ0) is 14.9. The third-order valence-corrected chi connectivity index (χ3v) is 3.15. The van der Waals surface area contributed by atoms with Crippen LogP contribution in [-0.4, -0.2) is 52.0 Å². The highest BCUT2D eigenvalue weighted by molar-refractivity contribution is 5.81. The first kappa shape index (κ1) is 15.6. The van der Waals surface area contributed by atoms with E-state index in [1.807, 2.05) is 24.3 Å². The lowest BCUT2D eigenvalue weighted by Crippen LogP contribution is -2.48. The van der Waals surface area contributed by atoms with E-state index in [0.29, 0.717) is 26.3 Å². The van der Waals surface area contributed by atoms with Crippen molar-refractivity contribution in [3.8, 4) is 11.5 Å². The van der Waals surface area contributed by atoms with Crippen LogP contribution in [0.3, 0.4) is 0 Å². The normalized spacial score (nSPS) is 18.0. The molecular formula is C15H22N2O4. The molecule has 1 atom stereocenters. The van der Waals surface area contributed by atoms with Gasteiger partial charge in [0, 0.05) is 25.7 Å². The molecule has 1 heterocycles. The summed E-state index contributed by atoms with van der Waals surface area (Å²) < 4.78 is 16.1. The van der Waals surface area contributed by atoms with Gasteiger partial charge < -0.3 is 24.8 Å². The molecule has 1 saturated heterocycles. The number of nitrogens with one attached hydrogen (secondary N) is 2. The molecule has 0 bridgehead atoms. The van der Waals surface area contributed by atoms with Crippen molar-refractivity contribution in [2.45, 2.75) is 12.5 Å². The Morgan fingerprint density at radius 2 is 2.33 bits per heavy atom. The Hall–Kier alpha value is -1.79. The highest BCUT2D eigenvalue weighted by Gasteiger charge is 2.20. The standard InChI is InChI=1S/C15H22N2O4/c1-19-12-4-2-5-13(10-12)20-8-3-6-17-15(18)14-11-16-7-9-21-14/h2,4-5,10,14,16H,3,6-9,11H2,1H3,(H,17,18). The molecule has 2 N–H and O–H groups in total. The van der Waals surface area contributed by atoms with Crippen molar-refractivity contribution < 1.29 is 19.0 Å². The lowest BCUT2D eigenvalue weighted by atomic mass is 10.3. The molecule has 6 nitrogen and oxygen atoms in total. The summed E-state index contributed by atoms with van der Waals surface area (Å²) in [4.78, 5) is 11.8. The molecule has 0 aliphatic carbocycles. The van der Waals surface area contributed by atoms with Crippen LogP contribution in [0.25, 0.3) is 0 Å². The fourth-order valence-electron chi connectivity index (χ4n) is 2.01. The van der Waals surface area contributed by atoms with E-state index in [9.17, 15) is 4.79 Å². The van der Waals surface area contributed by atoms with Crippen molar-refractivity contribution in [1.82, 2.24) is 10.6 Å². The molecule has 0 radical (unpaired) electrons. The minimum absolute atomic E-state index is 0.0661. The Kier molecular flexibility index (Phi) is 6.30. The monoisotopic (exact) mass is 294 g/mol. The molecule has 1 amide bonds. The maximum Gasteiger partial charge on any atom is 0.250 e. The molecule has 1 aromatic carbocycles. The first-order chi connectivity index (χ1) is 10.3. The molecule has 0 spiro atoms. The van der Waals surface area contributed by atoms with Gasteiger partial charge in [0.15, 0.2) is 0 Å². The summed E-state index contributed by atoms with van der Waals surface area (Å²) >= 11 is 0. The summed E-state index contributed by atoms with van der Waals surface area (Å²) in [5.74, 6) is 1.46. The molecule has 1 aromatic rings. The van der Waals surface area contributed by atoms with Crippen LogP contribution < -0.4 is 20.1 Å². The predicted molar refractivity (Wildman–Crippen MR) is 78.7 cm³/mol. The smallest absolute Gasteiger partial charge is 0.250 e. The molecule has 1 aliphatic heterocycles. The Bertz CT molecular complexity index is 447. The fraction of sp³-hybridized carbons (Fsp3) is 0.533. The predicted octanol–water partition coefficient (Wildman–Crippen LogP) is 0.569. The zero-order valence-electron chi connectivity index (χ0n) is 12.3. The van der Waals surface area contributed by atoms with Crippen LogP contribution >= 0.6 is 0 Å². The van der Waals surface area contributed by atoms with E-state index in [1.54, 1.807) is 7.11 Å². The summed E-state index contributed by atoms with van der Waals surface area (Å²) in [7, 11) is 1.62. The van der Waals surface area contributed by atoms with Crippen molar-refractivity contribution >= 4 is 5.91 Å². The average molecular weight is 294 g/mol. The van der Waals surface area contributed by atoms with Crippen molar-refractivity contribution in [1.29, 1.82) is 0 Å².